The average Bonchev–Trinajstić information content (AvgIpc) is 2.62. The maximum atomic E-state index is 13.6. The van der Waals surface area contributed by atoms with Crippen molar-refractivity contribution in [3.05, 3.63) is 35.9 Å². The van der Waals surface area contributed by atoms with Crippen LogP contribution in [0.1, 0.15) is 76.7 Å². The van der Waals surface area contributed by atoms with E-state index in [4.69, 9.17) is 5.73 Å². The van der Waals surface area contributed by atoms with Crippen molar-refractivity contribution in [3.8, 4) is 0 Å². The smallest absolute Gasteiger partial charge is 0.226 e. The van der Waals surface area contributed by atoms with Crippen LogP contribution in [0.2, 0.25) is 0 Å². The fraction of sp³-hybridized carbons (Fsp3) is 0.708. The number of nitrogens with one attached hydrogen (secondary N) is 1. The number of nitrogens with two attached hydrogens (primary N) is 1. The van der Waals surface area contributed by atoms with Gasteiger partial charge >= 0.3 is 0 Å². The van der Waals surface area contributed by atoms with Crippen LogP contribution in [0.5, 0.6) is 0 Å². The number of rotatable bonds is 3. The first-order valence-electron chi connectivity index (χ1n) is 11.0. The molecule has 5 fully saturated rings. The molecule has 1 aromatic rings. The maximum absolute atomic E-state index is 13.6. The zero-order chi connectivity index (χ0) is 18.7. The highest BCUT2D eigenvalue weighted by Gasteiger charge is 2.64. The second-order valence-corrected chi connectivity index (χ2v) is 10.8. The second kappa shape index (κ2) is 6.07. The molecule has 4 atom stereocenters. The van der Waals surface area contributed by atoms with Crippen LogP contribution in [-0.4, -0.2) is 18.0 Å². The Morgan fingerprint density at radius 1 is 1.00 bits per heavy atom. The molecule has 0 radical (unpaired) electrons. The first-order chi connectivity index (χ1) is 12.9. The van der Waals surface area contributed by atoms with Crippen molar-refractivity contribution in [2.45, 2.75) is 88.6 Å². The summed E-state index contributed by atoms with van der Waals surface area (Å²) < 4.78 is 0. The van der Waals surface area contributed by atoms with Crippen molar-refractivity contribution in [1.82, 2.24) is 5.32 Å². The molecule has 1 aromatic carbocycles. The molecule has 6 rings (SSSR count). The lowest BCUT2D eigenvalue weighted by Crippen LogP contribution is -2.62. The summed E-state index contributed by atoms with van der Waals surface area (Å²) in [6.07, 6.45) is 11.3. The highest BCUT2D eigenvalue weighted by molar-refractivity contribution is 5.84. The summed E-state index contributed by atoms with van der Waals surface area (Å²) in [5.41, 5.74) is 7.92. The fourth-order valence-corrected chi connectivity index (χ4v) is 7.89. The SMILES string of the molecule is C[C@@]12CC3CC(C(=O)N[C@H]4CC[C@H](N)CC4)(C1)C[C@](c1ccccc1)(C3)C2. The molecule has 5 aliphatic carbocycles. The summed E-state index contributed by atoms with van der Waals surface area (Å²) in [5, 5.41) is 3.49. The van der Waals surface area contributed by atoms with Gasteiger partial charge in [-0.15, -0.1) is 0 Å². The first kappa shape index (κ1) is 17.7. The quantitative estimate of drug-likeness (QED) is 0.838. The van der Waals surface area contributed by atoms with Gasteiger partial charge in [0.1, 0.15) is 0 Å². The van der Waals surface area contributed by atoms with Gasteiger partial charge in [0.2, 0.25) is 5.91 Å². The van der Waals surface area contributed by atoms with E-state index in [2.05, 4.69) is 42.6 Å². The van der Waals surface area contributed by atoms with E-state index in [1.165, 1.54) is 24.8 Å². The molecule has 0 spiro atoms. The van der Waals surface area contributed by atoms with Gasteiger partial charge in [0.15, 0.2) is 0 Å². The third kappa shape index (κ3) is 2.93. The van der Waals surface area contributed by atoms with Gasteiger partial charge in [0.05, 0.1) is 5.41 Å². The van der Waals surface area contributed by atoms with Crippen LogP contribution in [0.4, 0.5) is 0 Å². The molecule has 0 aromatic heterocycles. The largest absolute Gasteiger partial charge is 0.353 e. The lowest BCUT2D eigenvalue weighted by atomic mass is 9.38. The van der Waals surface area contributed by atoms with Gasteiger partial charge in [0, 0.05) is 12.1 Å². The number of benzene rings is 1. The average molecular weight is 367 g/mol. The Bertz CT molecular complexity index is 725. The normalized spacial score (nSPS) is 45.6. The van der Waals surface area contributed by atoms with E-state index in [0.29, 0.717) is 29.3 Å². The highest BCUT2D eigenvalue weighted by Crippen LogP contribution is 2.70. The Morgan fingerprint density at radius 2 is 1.74 bits per heavy atom. The molecule has 4 bridgehead atoms. The third-order valence-electron chi connectivity index (χ3n) is 8.32. The van der Waals surface area contributed by atoms with E-state index >= 15 is 0 Å². The van der Waals surface area contributed by atoms with E-state index in [9.17, 15) is 4.79 Å². The second-order valence-electron chi connectivity index (χ2n) is 10.8. The van der Waals surface area contributed by atoms with Gasteiger partial charge in [-0.05, 0) is 86.5 Å². The van der Waals surface area contributed by atoms with E-state index in [1.807, 2.05) is 0 Å². The van der Waals surface area contributed by atoms with Crippen LogP contribution in [0.15, 0.2) is 30.3 Å². The van der Waals surface area contributed by atoms with Crippen LogP contribution in [0.3, 0.4) is 0 Å². The highest BCUT2D eigenvalue weighted by atomic mass is 16.2. The lowest BCUT2D eigenvalue weighted by Gasteiger charge is -2.65. The zero-order valence-corrected chi connectivity index (χ0v) is 16.7. The summed E-state index contributed by atoms with van der Waals surface area (Å²) in [5.74, 6) is 1.07. The van der Waals surface area contributed by atoms with Crippen LogP contribution < -0.4 is 11.1 Å². The molecule has 27 heavy (non-hydrogen) atoms. The van der Waals surface area contributed by atoms with Crippen LogP contribution in [-0.2, 0) is 10.2 Å². The number of carbonyl (C=O) groups excluding carboxylic acids is 1. The Morgan fingerprint density at radius 3 is 2.44 bits per heavy atom. The monoisotopic (exact) mass is 366 g/mol. The van der Waals surface area contributed by atoms with Crippen LogP contribution >= 0.6 is 0 Å². The third-order valence-corrected chi connectivity index (χ3v) is 8.32. The number of hydrogen-bond donors (Lipinski definition) is 2. The molecular formula is C24H34N2O. The van der Waals surface area contributed by atoms with Gasteiger partial charge in [-0.25, -0.2) is 0 Å². The zero-order valence-electron chi connectivity index (χ0n) is 16.7. The standard InChI is InChI=1S/C24H34N2O/c1-22-11-17-12-23(14-22,18-5-3-2-4-6-18)16-24(13-17,15-22)21(27)26-20-9-7-19(25)8-10-20/h2-6,17,19-20H,7-16,25H2,1H3,(H,26,27)/t17?,19-,20-,22-,23-,24?/m0/s1. The van der Waals surface area contributed by atoms with E-state index in [-0.39, 0.29) is 10.8 Å². The molecule has 0 saturated heterocycles. The molecule has 3 N–H and O–H groups in total. The number of amides is 1. The number of hydrogen-bond acceptors (Lipinski definition) is 2. The summed E-state index contributed by atoms with van der Waals surface area (Å²) in [6, 6.07) is 11.8. The van der Waals surface area contributed by atoms with Crippen molar-refractivity contribution >= 4 is 5.91 Å². The molecule has 5 aliphatic rings. The first-order valence-corrected chi connectivity index (χ1v) is 11.0. The Hall–Kier alpha value is -1.35. The van der Waals surface area contributed by atoms with E-state index in [0.717, 1.165) is 44.9 Å². The van der Waals surface area contributed by atoms with Gasteiger partial charge in [-0.2, -0.15) is 0 Å². The summed E-state index contributed by atoms with van der Waals surface area (Å²) >= 11 is 0. The van der Waals surface area contributed by atoms with E-state index in [1.54, 1.807) is 0 Å². The molecular weight excluding hydrogens is 332 g/mol. The molecule has 2 unspecified atom stereocenters. The van der Waals surface area contributed by atoms with Crippen molar-refractivity contribution in [2.75, 3.05) is 0 Å². The Kier molecular flexibility index (Phi) is 3.99. The van der Waals surface area contributed by atoms with Crippen LogP contribution in [0, 0.1) is 16.7 Å². The van der Waals surface area contributed by atoms with E-state index < -0.39 is 0 Å². The molecule has 3 heteroatoms. The summed E-state index contributed by atoms with van der Waals surface area (Å²) in [7, 11) is 0. The fourth-order valence-electron chi connectivity index (χ4n) is 7.89. The minimum Gasteiger partial charge on any atom is -0.353 e. The van der Waals surface area contributed by atoms with Crippen molar-refractivity contribution in [2.24, 2.45) is 22.5 Å². The van der Waals surface area contributed by atoms with Gasteiger partial charge in [-0.1, -0.05) is 37.3 Å². The van der Waals surface area contributed by atoms with Gasteiger partial charge < -0.3 is 11.1 Å². The predicted octanol–water partition coefficient (Wildman–Crippen LogP) is 4.30. The number of carbonyl (C=O) groups is 1. The Labute approximate surface area is 163 Å². The molecule has 0 aliphatic heterocycles. The lowest BCUT2D eigenvalue weighted by molar-refractivity contribution is -0.161. The molecule has 0 heterocycles. The molecule has 146 valence electrons. The minimum absolute atomic E-state index is 0.149. The minimum atomic E-state index is -0.149. The van der Waals surface area contributed by atoms with Crippen LogP contribution in [0.25, 0.3) is 0 Å². The molecule has 5 saturated carbocycles. The predicted molar refractivity (Wildman–Crippen MR) is 108 cm³/mol. The topological polar surface area (TPSA) is 55.1 Å². The Balaban J connectivity index is 1.43. The molecule has 3 nitrogen and oxygen atoms in total. The van der Waals surface area contributed by atoms with Crippen molar-refractivity contribution < 1.29 is 4.79 Å². The van der Waals surface area contributed by atoms with Gasteiger partial charge in [-0.3, -0.25) is 4.79 Å². The van der Waals surface area contributed by atoms with Crippen molar-refractivity contribution in [3.63, 3.8) is 0 Å². The maximum Gasteiger partial charge on any atom is 0.226 e. The van der Waals surface area contributed by atoms with Crippen molar-refractivity contribution in [1.29, 1.82) is 0 Å². The van der Waals surface area contributed by atoms with Gasteiger partial charge in [0.25, 0.3) is 0 Å². The molecule has 1 amide bonds. The summed E-state index contributed by atoms with van der Waals surface area (Å²) in [4.78, 5) is 13.6. The summed E-state index contributed by atoms with van der Waals surface area (Å²) in [6.45, 7) is 2.46.